The van der Waals surface area contributed by atoms with Gasteiger partial charge in [-0.05, 0) is 44.5 Å². The fourth-order valence-electron chi connectivity index (χ4n) is 2.37. The first-order chi connectivity index (χ1) is 14.3. The second-order valence-electron chi connectivity index (χ2n) is 7.31. The van der Waals surface area contributed by atoms with Crippen molar-refractivity contribution in [3.05, 3.63) is 65.7 Å². The van der Waals surface area contributed by atoms with Crippen LogP contribution in [0.1, 0.15) is 36.7 Å². The van der Waals surface area contributed by atoms with Crippen LogP contribution in [0, 0.1) is 0 Å². The number of anilines is 2. The molecule has 0 bridgehead atoms. The van der Waals surface area contributed by atoms with Crippen molar-refractivity contribution in [3.63, 3.8) is 0 Å². The number of nitrogens with zero attached hydrogens (tertiary/aromatic N) is 2. The van der Waals surface area contributed by atoms with Crippen LogP contribution >= 0.6 is 23.1 Å². The summed E-state index contributed by atoms with van der Waals surface area (Å²) in [5.74, 6) is 0.445. The Hall–Kier alpha value is -2.91. The Morgan fingerprint density at radius 2 is 1.80 bits per heavy atom. The molecule has 0 unspecified atom stereocenters. The van der Waals surface area contributed by atoms with E-state index in [4.69, 9.17) is 4.74 Å². The summed E-state index contributed by atoms with van der Waals surface area (Å²) in [5.41, 5.74) is 1.44. The summed E-state index contributed by atoms with van der Waals surface area (Å²) in [6.07, 6.45) is -0.579. The molecule has 0 radical (unpaired) electrons. The van der Waals surface area contributed by atoms with Gasteiger partial charge in [0.2, 0.25) is 5.13 Å². The van der Waals surface area contributed by atoms with Crippen LogP contribution in [0.5, 0.6) is 0 Å². The van der Waals surface area contributed by atoms with Gasteiger partial charge in [0.15, 0.2) is 4.34 Å². The van der Waals surface area contributed by atoms with Crippen molar-refractivity contribution in [3.8, 4) is 0 Å². The first-order valence-corrected chi connectivity index (χ1v) is 11.0. The normalized spacial score (nSPS) is 11.0. The van der Waals surface area contributed by atoms with E-state index in [2.05, 4.69) is 33.0 Å². The van der Waals surface area contributed by atoms with Gasteiger partial charge in [-0.3, -0.25) is 15.4 Å². The monoisotopic (exact) mass is 442 g/mol. The minimum Gasteiger partial charge on any atom is -0.444 e. The molecular weight excluding hydrogens is 420 g/mol. The molecule has 3 aromatic rings. The van der Waals surface area contributed by atoms with Gasteiger partial charge in [-0.15, -0.1) is 10.2 Å². The van der Waals surface area contributed by atoms with E-state index in [0.29, 0.717) is 16.4 Å². The van der Waals surface area contributed by atoms with Crippen LogP contribution in [0.3, 0.4) is 0 Å². The van der Waals surface area contributed by atoms with Crippen molar-refractivity contribution >= 4 is 45.9 Å². The van der Waals surface area contributed by atoms with Gasteiger partial charge in [-0.2, -0.15) is 0 Å². The number of ether oxygens (including phenoxy) is 1. The molecule has 0 saturated heterocycles. The van der Waals surface area contributed by atoms with Crippen molar-refractivity contribution in [2.45, 2.75) is 36.5 Å². The van der Waals surface area contributed by atoms with E-state index in [1.807, 2.05) is 18.2 Å². The lowest BCUT2D eigenvalue weighted by Crippen LogP contribution is -2.27. The zero-order chi connectivity index (χ0) is 21.6. The Morgan fingerprint density at radius 3 is 2.53 bits per heavy atom. The summed E-state index contributed by atoms with van der Waals surface area (Å²) in [6.45, 7) is 5.35. The highest BCUT2D eigenvalue weighted by molar-refractivity contribution is 8.00. The summed E-state index contributed by atoms with van der Waals surface area (Å²) >= 11 is 2.88. The zero-order valence-corrected chi connectivity index (χ0v) is 18.5. The largest absolute Gasteiger partial charge is 0.444 e. The van der Waals surface area contributed by atoms with Crippen molar-refractivity contribution in [2.75, 3.05) is 10.6 Å². The Morgan fingerprint density at radius 1 is 1.03 bits per heavy atom. The molecule has 0 fully saturated rings. The maximum atomic E-state index is 12.5. The first kappa shape index (κ1) is 21.8. The van der Waals surface area contributed by atoms with E-state index in [1.165, 1.54) is 16.9 Å². The van der Waals surface area contributed by atoms with Crippen LogP contribution in [0.4, 0.5) is 15.6 Å². The number of rotatable bonds is 6. The standard InChI is InChI=1S/C21H22N4O3S2/c1-21(2,3)28-19(27)22-16-11-7-10-15(12-16)17(26)23-18-24-25-20(30-18)29-13-14-8-5-4-6-9-14/h4-12H,13H2,1-3H3,(H,22,27)(H,23,24,26). The molecule has 0 aliphatic rings. The molecule has 9 heteroatoms. The molecule has 3 rings (SSSR count). The minimum atomic E-state index is -0.604. The van der Waals surface area contributed by atoms with Crippen LogP contribution < -0.4 is 10.6 Å². The van der Waals surface area contributed by atoms with Crippen molar-refractivity contribution in [1.29, 1.82) is 0 Å². The quantitative estimate of drug-likeness (QED) is 0.391. The number of carbonyl (C=O) groups excluding carboxylic acids is 2. The molecule has 2 N–H and O–H groups in total. The van der Waals surface area contributed by atoms with Crippen LogP contribution in [-0.4, -0.2) is 27.8 Å². The summed E-state index contributed by atoms with van der Waals surface area (Å²) in [4.78, 5) is 24.5. The molecule has 0 atom stereocenters. The highest BCUT2D eigenvalue weighted by atomic mass is 32.2. The molecule has 1 heterocycles. The van der Waals surface area contributed by atoms with E-state index in [1.54, 1.807) is 56.8 Å². The molecule has 30 heavy (non-hydrogen) atoms. The zero-order valence-electron chi connectivity index (χ0n) is 16.8. The number of hydrogen-bond donors (Lipinski definition) is 2. The smallest absolute Gasteiger partial charge is 0.412 e. The topological polar surface area (TPSA) is 93.2 Å². The van der Waals surface area contributed by atoms with Crippen molar-refractivity contribution < 1.29 is 14.3 Å². The van der Waals surface area contributed by atoms with Gasteiger partial charge in [-0.1, -0.05) is 59.5 Å². The summed E-state index contributed by atoms with van der Waals surface area (Å²) in [7, 11) is 0. The third-order valence-electron chi connectivity index (χ3n) is 3.60. The maximum absolute atomic E-state index is 12.5. The average Bonchev–Trinajstić information content (AvgIpc) is 3.13. The average molecular weight is 443 g/mol. The maximum Gasteiger partial charge on any atom is 0.412 e. The summed E-state index contributed by atoms with van der Waals surface area (Å²) in [6, 6.07) is 16.7. The van der Waals surface area contributed by atoms with E-state index in [-0.39, 0.29) is 5.91 Å². The molecule has 1 aromatic heterocycles. The molecule has 0 spiro atoms. The van der Waals surface area contributed by atoms with Crippen molar-refractivity contribution in [2.24, 2.45) is 0 Å². The number of aromatic nitrogens is 2. The van der Waals surface area contributed by atoms with Gasteiger partial charge < -0.3 is 4.74 Å². The Balaban J connectivity index is 1.57. The molecule has 0 saturated carbocycles. The molecule has 2 aromatic carbocycles. The number of hydrogen-bond acceptors (Lipinski definition) is 7. The summed E-state index contributed by atoms with van der Waals surface area (Å²) < 4.78 is 6.00. The molecule has 7 nitrogen and oxygen atoms in total. The lowest BCUT2D eigenvalue weighted by atomic mass is 10.2. The molecular formula is C21H22N4O3S2. The third kappa shape index (κ3) is 6.85. The van der Waals surface area contributed by atoms with Gasteiger partial charge in [0.05, 0.1) is 0 Å². The Labute approximate surface area is 183 Å². The van der Waals surface area contributed by atoms with Gasteiger partial charge >= 0.3 is 6.09 Å². The van der Waals surface area contributed by atoms with Crippen LogP contribution in [0.15, 0.2) is 58.9 Å². The second kappa shape index (κ2) is 9.73. The number of nitrogens with one attached hydrogen (secondary N) is 2. The third-order valence-corrected chi connectivity index (χ3v) is 5.65. The predicted molar refractivity (Wildman–Crippen MR) is 120 cm³/mol. The highest BCUT2D eigenvalue weighted by Crippen LogP contribution is 2.28. The van der Waals surface area contributed by atoms with Gasteiger partial charge in [-0.25, -0.2) is 4.79 Å². The second-order valence-corrected chi connectivity index (χ2v) is 9.51. The van der Waals surface area contributed by atoms with E-state index in [9.17, 15) is 9.59 Å². The number of thioether (sulfide) groups is 1. The SMILES string of the molecule is CC(C)(C)OC(=O)Nc1cccc(C(=O)Nc2nnc(SCc3ccccc3)s2)c1. The number of carbonyl (C=O) groups is 2. The fraction of sp³-hybridized carbons (Fsp3) is 0.238. The highest BCUT2D eigenvalue weighted by Gasteiger charge is 2.17. The van der Waals surface area contributed by atoms with E-state index < -0.39 is 11.7 Å². The van der Waals surface area contributed by atoms with Gasteiger partial charge in [0, 0.05) is 17.0 Å². The fourth-order valence-corrected chi connectivity index (χ4v) is 4.07. The minimum absolute atomic E-state index is 0.335. The van der Waals surface area contributed by atoms with Crippen LogP contribution in [-0.2, 0) is 10.5 Å². The van der Waals surface area contributed by atoms with Crippen molar-refractivity contribution in [1.82, 2.24) is 10.2 Å². The summed E-state index contributed by atoms with van der Waals surface area (Å²) in [5, 5.41) is 13.9. The lowest BCUT2D eigenvalue weighted by molar-refractivity contribution is 0.0635. The number of benzene rings is 2. The van der Waals surface area contributed by atoms with Crippen LogP contribution in [0.25, 0.3) is 0 Å². The molecule has 2 amide bonds. The molecule has 156 valence electrons. The van der Waals surface area contributed by atoms with E-state index in [0.717, 1.165) is 10.1 Å². The van der Waals surface area contributed by atoms with E-state index >= 15 is 0 Å². The molecule has 0 aliphatic heterocycles. The Kier molecular flexibility index (Phi) is 7.07. The van der Waals surface area contributed by atoms with Gasteiger partial charge in [0.1, 0.15) is 5.60 Å². The van der Waals surface area contributed by atoms with Gasteiger partial charge in [0.25, 0.3) is 5.91 Å². The first-order valence-electron chi connectivity index (χ1n) is 9.20. The lowest BCUT2D eigenvalue weighted by Gasteiger charge is -2.19. The number of amides is 2. The Bertz CT molecular complexity index is 1020. The molecule has 0 aliphatic carbocycles. The van der Waals surface area contributed by atoms with Crippen LogP contribution in [0.2, 0.25) is 0 Å². The predicted octanol–water partition coefficient (Wildman–Crippen LogP) is 5.43.